The van der Waals surface area contributed by atoms with Gasteiger partial charge in [-0.05, 0) is 18.2 Å². The first-order valence-corrected chi connectivity index (χ1v) is 8.48. The van der Waals surface area contributed by atoms with E-state index >= 15 is 0 Å². The Balaban J connectivity index is 1.89. The number of hydrogen-bond acceptors (Lipinski definition) is 7. The van der Waals surface area contributed by atoms with Crippen molar-refractivity contribution in [3.63, 3.8) is 0 Å². The Kier molecular flexibility index (Phi) is 4.54. The normalized spacial score (nSPS) is 27.7. The van der Waals surface area contributed by atoms with Crippen LogP contribution in [-0.4, -0.2) is 54.5 Å². The van der Waals surface area contributed by atoms with Crippen molar-refractivity contribution in [3.05, 3.63) is 40.9 Å². The zero-order valence-electron chi connectivity index (χ0n) is 12.2. The maximum Gasteiger partial charge on any atom is 0.469 e. The number of ether oxygens (including phenoxy) is 1. The fraction of sp³-hybridized carbons (Fsp3) is 0.385. The van der Waals surface area contributed by atoms with Gasteiger partial charge in [0.15, 0.2) is 6.23 Å². The van der Waals surface area contributed by atoms with Gasteiger partial charge in [0, 0.05) is 12.4 Å². The van der Waals surface area contributed by atoms with Crippen LogP contribution in [0, 0.1) is 0 Å². The highest BCUT2D eigenvalue weighted by atomic mass is 31.2. The summed E-state index contributed by atoms with van der Waals surface area (Å²) in [5.41, 5.74) is -0.0124. The van der Waals surface area contributed by atoms with E-state index in [0.29, 0.717) is 10.9 Å². The van der Waals surface area contributed by atoms with E-state index in [9.17, 15) is 19.6 Å². The van der Waals surface area contributed by atoms with E-state index in [-0.39, 0.29) is 0 Å². The van der Waals surface area contributed by atoms with Crippen molar-refractivity contribution in [3.8, 4) is 0 Å². The summed E-state index contributed by atoms with van der Waals surface area (Å²) in [6, 6.07) is 4.71. The lowest BCUT2D eigenvalue weighted by molar-refractivity contribution is -0.0534. The standard InChI is InChI=1S/C13H15N2O8P/c16-10-9(6-22-24(19,20)21)23-13(11(10)17)15-5-3-8-7(12(15)18)2-1-4-14-8/h1-5,9-11,13,16-17H,6H2,(H2,19,20,21)/t9-,10+,11-,13-/m1/s1. The summed E-state index contributed by atoms with van der Waals surface area (Å²) < 4.78 is 21.5. The number of phosphoric acid groups is 1. The number of nitrogens with zero attached hydrogens (tertiary/aromatic N) is 2. The molecule has 24 heavy (non-hydrogen) atoms. The average Bonchev–Trinajstić information content (AvgIpc) is 2.81. The smallest absolute Gasteiger partial charge is 0.387 e. The van der Waals surface area contributed by atoms with Crippen LogP contribution in [0.1, 0.15) is 6.23 Å². The summed E-state index contributed by atoms with van der Waals surface area (Å²) in [6.45, 7) is -0.636. The zero-order valence-corrected chi connectivity index (χ0v) is 13.1. The number of rotatable bonds is 4. The van der Waals surface area contributed by atoms with Crippen molar-refractivity contribution in [2.75, 3.05) is 6.61 Å². The molecule has 3 rings (SSSR count). The number of pyridine rings is 2. The van der Waals surface area contributed by atoms with Crippen molar-refractivity contribution in [1.82, 2.24) is 9.55 Å². The van der Waals surface area contributed by atoms with Gasteiger partial charge in [-0.1, -0.05) is 0 Å². The van der Waals surface area contributed by atoms with E-state index < -0.39 is 44.5 Å². The molecule has 10 nitrogen and oxygen atoms in total. The van der Waals surface area contributed by atoms with Gasteiger partial charge in [-0.25, -0.2) is 4.57 Å². The third kappa shape index (κ3) is 3.26. The first kappa shape index (κ1) is 17.2. The van der Waals surface area contributed by atoms with Crippen LogP contribution >= 0.6 is 7.82 Å². The summed E-state index contributed by atoms with van der Waals surface area (Å²) in [6.07, 6.45) is -2.46. The maximum atomic E-state index is 12.5. The van der Waals surface area contributed by atoms with Crippen molar-refractivity contribution in [1.29, 1.82) is 0 Å². The number of aromatic nitrogens is 2. The molecule has 0 aromatic carbocycles. The molecule has 3 heterocycles. The molecule has 11 heteroatoms. The van der Waals surface area contributed by atoms with Gasteiger partial charge in [0.25, 0.3) is 5.56 Å². The van der Waals surface area contributed by atoms with Crippen LogP contribution < -0.4 is 5.56 Å². The summed E-state index contributed by atoms with van der Waals surface area (Å²) in [5, 5.41) is 20.4. The molecule has 0 amide bonds. The third-order valence-corrected chi connectivity index (χ3v) is 4.20. The highest BCUT2D eigenvalue weighted by molar-refractivity contribution is 7.46. The number of hydrogen-bond donors (Lipinski definition) is 4. The van der Waals surface area contributed by atoms with E-state index in [1.165, 1.54) is 12.4 Å². The Labute approximate surface area is 135 Å². The highest BCUT2D eigenvalue weighted by Gasteiger charge is 2.44. The SMILES string of the molecule is O=c1c2cccnc2ccn1[C@@H]1O[C@H](COP(=O)(O)O)[C@H](O)[C@H]1O. The lowest BCUT2D eigenvalue weighted by Gasteiger charge is -2.18. The second-order valence-corrected chi connectivity index (χ2v) is 6.54. The Morgan fingerprint density at radius 3 is 2.75 bits per heavy atom. The molecule has 0 bridgehead atoms. The van der Waals surface area contributed by atoms with E-state index in [0.717, 1.165) is 4.57 Å². The second-order valence-electron chi connectivity index (χ2n) is 5.30. The van der Waals surface area contributed by atoms with Crippen molar-refractivity contribution in [2.45, 2.75) is 24.5 Å². The fourth-order valence-corrected chi connectivity index (χ4v) is 2.90. The van der Waals surface area contributed by atoms with Gasteiger partial charge in [0.05, 0.1) is 17.5 Å². The third-order valence-electron chi connectivity index (χ3n) is 3.71. The van der Waals surface area contributed by atoms with Crippen LogP contribution in [0.15, 0.2) is 35.4 Å². The predicted octanol–water partition coefficient (Wildman–Crippen LogP) is -0.875. The van der Waals surface area contributed by atoms with E-state index in [2.05, 4.69) is 9.51 Å². The molecule has 1 aliphatic rings. The first-order valence-electron chi connectivity index (χ1n) is 6.95. The molecule has 2 aromatic heterocycles. The highest BCUT2D eigenvalue weighted by Crippen LogP contribution is 2.38. The number of fused-ring (bicyclic) bond motifs is 1. The largest absolute Gasteiger partial charge is 0.469 e. The minimum absolute atomic E-state index is 0.306. The average molecular weight is 358 g/mol. The molecule has 0 saturated carbocycles. The maximum absolute atomic E-state index is 12.5. The quantitative estimate of drug-likeness (QED) is 0.511. The lowest BCUT2D eigenvalue weighted by Crippen LogP contribution is -2.35. The van der Waals surface area contributed by atoms with E-state index in [4.69, 9.17) is 14.5 Å². The van der Waals surface area contributed by atoms with E-state index in [1.54, 1.807) is 18.2 Å². The summed E-state index contributed by atoms with van der Waals surface area (Å²) in [7, 11) is -4.75. The molecule has 0 radical (unpaired) electrons. The summed E-state index contributed by atoms with van der Waals surface area (Å²) >= 11 is 0. The zero-order chi connectivity index (χ0) is 17.5. The van der Waals surface area contributed by atoms with Crippen molar-refractivity contribution in [2.24, 2.45) is 0 Å². The molecule has 0 unspecified atom stereocenters. The molecule has 130 valence electrons. The van der Waals surface area contributed by atoms with Crippen LogP contribution in [0.25, 0.3) is 10.9 Å². The molecule has 0 aliphatic carbocycles. The van der Waals surface area contributed by atoms with Crippen LogP contribution in [0.5, 0.6) is 0 Å². The van der Waals surface area contributed by atoms with Gasteiger partial charge in [-0.15, -0.1) is 0 Å². The van der Waals surface area contributed by atoms with Gasteiger partial charge in [-0.2, -0.15) is 0 Å². The van der Waals surface area contributed by atoms with Crippen LogP contribution in [0.2, 0.25) is 0 Å². The monoisotopic (exact) mass is 358 g/mol. The molecule has 1 aliphatic heterocycles. The van der Waals surface area contributed by atoms with Gasteiger partial charge < -0.3 is 24.7 Å². The Hall–Kier alpha value is -1.65. The molecule has 4 atom stereocenters. The van der Waals surface area contributed by atoms with Crippen LogP contribution in [0.4, 0.5) is 0 Å². The molecule has 4 N–H and O–H groups in total. The molecule has 1 fully saturated rings. The fourth-order valence-electron chi connectivity index (χ4n) is 2.56. The van der Waals surface area contributed by atoms with Gasteiger partial charge in [-0.3, -0.25) is 18.9 Å². The Morgan fingerprint density at radius 2 is 2.04 bits per heavy atom. The second kappa shape index (κ2) is 6.34. The topological polar surface area (TPSA) is 151 Å². The minimum atomic E-state index is -4.75. The lowest BCUT2D eigenvalue weighted by atomic mass is 10.1. The molecular formula is C13H15N2O8P. The van der Waals surface area contributed by atoms with Gasteiger partial charge >= 0.3 is 7.82 Å². The van der Waals surface area contributed by atoms with Crippen LogP contribution in [-0.2, 0) is 13.8 Å². The Bertz CT molecular complexity index is 849. The molecule has 1 saturated heterocycles. The Morgan fingerprint density at radius 1 is 1.29 bits per heavy atom. The number of aliphatic hydroxyl groups excluding tert-OH is 2. The van der Waals surface area contributed by atoms with Crippen molar-refractivity contribution >= 4 is 18.7 Å². The van der Waals surface area contributed by atoms with Gasteiger partial charge in [0.2, 0.25) is 0 Å². The molecule has 2 aromatic rings. The van der Waals surface area contributed by atoms with Crippen LogP contribution in [0.3, 0.4) is 0 Å². The first-order chi connectivity index (χ1) is 11.3. The minimum Gasteiger partial charge on any atom is -0.387 e. The van der Waals surface area contributed by atoms with Gasteiger partial charge in [0.1, 0.15) is 18.3 Å². The molecular weight excluding hydrogens is 343 g/mol. The summed E-state index contributed by atoms with van der Waals surface area (Å²) in [5.74, 6) is 0. The molecule has 0 spiro atoms. The van der Waals surface area contributed by atoms with Crippen molar-refractivity contribution < 1.29 is 33.8 Å². The number of aliphatic hydroxyl groups is 2. The number of phosphoric ester groups is 1. The summed E-state index contributed by atoms with van der Waals surface area (Å²) in [4.78, 5) is 33.9. The predicted molar refractivity (Wildman–Crippen MR) is 79.9 cm³/mol. The van der Waals surface area contributed by atoms with E-state index in [1.807, 2.05) is 0 Å².